The summed E-state index contributed by atoms with van der Waals surface area (Å²) in [6, 6.07) is 10.3. The molecule has 2 aromatic rings. The zero-order valence-electron chi connectivity index (χ0n) is 15.8. The van der Waals surface area contributed by atoms with E-state index in [1.807, 2.05) is 26.2 Å². The number of hydrogen-bond donors (Lipinski definition) is 1. The van der Waals surface area contributed by atoms with Crippen molar-refractivity contribution in [1.29, 1.82) is 0 Å². The van der Waals surface area contributed by atoms with Crippen molar-refractivity contribution < 1.29 is 13.2 Å². The molecular formula is C20H24N2O3S2. The van der Waals surface area contributed by atoms with E-state index in [0.717, 1.165) is 42.0 Å². The number of aryl methyl sites for hydroxylation is 2. The average Bonchev–Trinajstić information content (AvgIpc) is 3.13. The van der Waals surface area contributed by atoms with Gasteiger partial charge in [-0.05, 0) is 74.4 Å². The van der Waals surface area contributed by atoms with Crippen LogP contribution in [0.25, 0.3) is 0 Å². The van der Waals surface area contributed by atoms with Crippen LogP contribution in [0.1, 0.15) is 34.3 Å². The van der Waals surface area contributed by atoms with Crippen molar-refractivity contribution in [3.8, 4) is 0 Å². The lowest BCUT2D eigenvalue weighted by atomic mass is 10.1. The minimum Gasteiger partial charge on any atom is -0.339 e. The van der Waals surface area contributed by atoms with Gasteiger partial charge in [0.15, 0.2) is 0 Å². The monoisotopic (exact) mass is 404 g/mol. The molecule has 0 saturated carbocycles. The number of benzene rings is 2. The summed E-state index contributed by atoms with van der Waals surface area (Å²) < 4.78 is 28.4. The summed E-state index contributed by atoms with van der Waals surface area (Å²) in [6.45, 7) is 5.30. The molecule has 7 heteroatoms. The van der Waals surface area contributed by atoms with Gasteiger partial charge in [-0.3, -0.25) is 9.52 Å². The molecule has 1 aliphatic rings. The number of carbonyl (C=O) groups is 1. The highest BCUT2D eigenvalue weighted by Gasteiger charge is 2.24. The van der Waals surface area contributed by atoms with Crippen molar-refractivity contribution in [3.05, 3.63) is 53.1 Å². The molecule has 0 atom stereocenters. The second kappa shape index (κ2) is 7.94. The topological polar surface area (TPSA) is 66.5 Å². The first-order chi connectivity index (χ1) is 12.8. The van der Waals surface area contributed by atoms with Gasteiger partial charge in [-0.1, -0.05) is 6.07 Å². The molecular weight excluding hydrogens is 380 g/mol. The highest BCUT2D eigenvalue weighted by Crippen LogP contribution is 2.27. The smallest absolute Gasteiger partial charge is 0.261 e. The molecule has 0 aromatic heterocycles. The van der Waals surface area contributed by atoms with Crippen LogP contribution < -0.4 is 4.72 Å². The van der Waals surface area contributed by atoms with Crippen LogP contribution in [-0.2, 0) is 10.0 Å². The molecule has 144 valence electrons. The lowest BCUT2D eigenvalue weighted by Gasteiger charge is -2.18. The lowest BCUT2D eigenvalue weighted by Crippen LogP contribution is -2.28. The van der Waals surface area contributed by atoms with Gasteiger partial charge >= 0.3 is 0 Å². The van der Waals surface area contributed by atoms with Crippen molar-refractivity contribution in [2.75, 3.05) is 24.1 Å². The Hall–Kier alpha value is -1.99. The first kappa shape index (κ1) is 19.8. The molecule has 1 saturated heterocycles. The molecule has 1 heterocycles. The molecule has 0 unspecified atom stereocenters. The number of nitrogens with zero attached hydrogens (tertiary/aromatic N) is 1. The SMILES string of the molecule is CSc1ccc(S(=O)(=O)Nc2cc(C)cc(C)c2)cc1C(=O)N1CCCC1. The van der Waals surface area contributed by atoms with Crippen molar-refractivity contribution in [3.63, 3.8) is 0 Å². The molecule has 0 aliphatic carbocycles. The normalized spacial score (nSPS) is 14.4. The first-order valence-electron chi connectivity index (χ1n) is 8.88. The van der Waals surface area contributed by atoms with Gasteiger partial charge in [0.1, 0.15) is 0 Å². The van der Waals surface area contributed by atoms with Crippen LogP contribution in [-0.4, -0.2) is 38.6 Å². The third kappa shape index (κ3) is 4.47. The molecule has 0 bridgehead atoms. The maximum Gasteiger partial charge on any atom is 0.261 e. The third-order valence-electron chi connectivity index (χ3n) is 4.58. The van der Waals surface area contributed by atoms with Crippen LogP contribution >= 0.6 is 11.8 Å². The molecule has 27 heavy (non-hydrogen) atoms. The fourth-order valence-electron chi connectivity index (χ4n) is 3.36. The minimum atomic E-state index is -3.78. The van der Waals surface area contributed by atoms with E-state index in [0.29, 0.717) is 11.3 Å². The van der Waals surface area contributed by atoms with Crippen LogP contribution in [0.15, 0.2) is 46.2 Å². The Kier molecular flexibility index (Phi) is 5.81. The minimum absolute atomic E-state index is 0.0969. The molecule has 1 fully saturated rings. The number of nitrogens with one attached hydrogen (secondary N) is 1. The standard InChI is InChI=1S/C20H24N2O3S2/c1-14-10-15(2)12-16(11-14)21-27(24,25)17-6-7-19(26-3)18(13-17)20(23)22-8-4-5-9-22/h6-7,10-13,21H,4-5,8-9H2,1-3H3. The summed E-state index contributed by atoms with van der Waals surface area (Å²) in [5, 5.41) is 0. The maximum atomic E-state index is 12.9. The Morgan fingerprint density at radius 2 is 1.67 bits per heavy atom. The second-order valence-electron chi connectivity index (χ2n) is 6.84. The predicted molar refractivity (Wildman–Crippen MR) is 110 cm³/mol. The van der Waals surface area contributed by atoms with E-state index < -0.39 is 10.0 Å². The maximum absolute atomic E-state index is 12.9. The number of likely N-dealkylation sites (tertiary alicyclic amines) is 1. The van der Waals surface area contributed by atoms with Gasteiger partial charge in [0, 0.05) is 23.7 Å². The van der Waals surface area contributed by atoms with Gasteiger partial charge in [0.2, 0.25) is 0 Å². The van der Waals surface area contributed by atoms with E-state index in [-0.39, 0.29) is 10.8 Å². The van der Waals surface area contributed by atoms with Gasteiger partial charge < -0.3 is 4.90 Å². The fourth-order valence-corrected chi connectivity index (χ4v) is 5.00. The first-order valence-corrected chi connectivity index (χ1v) is 11.6. The van der Waals surface area contributed by atoms with Crippen LogP contribution in [0.4, 0.5) is 5.69 Å². The zero-order chi connectivity index (χ0) is 19.6. The van der Waals surface area contributed by atoms with Crippen LogP contribution in [0.2, 0.25) is 0 Å². The van der Waals surface area contributed by atoms with Crippen molar-refractivity contribution >= 4 is 33.4 Å². The van der Waals surface area contributed by atoms with Gasteiger partial charge in [-0.15, -0.1) is 11.8 Å². The number of hydrogen-bond acceptors (Lipinski definition) is 4. The van der Waals surface area contributed by atoms with Crippen molar-refractivity contribution in [1.82, 2.24) is 4.90 Å². The number of thioether (sulfide) groups is 1. The van der Waals surface area contributed by atoms with Crippen LogP contribution in [0.5, 0.6) is 0 Å². The molecule has 1 aliphatic heterocycles. The summed E-state index contributed by atoms with van der Waals surface area (Å²) in [5.41, 5.74) is 2.94. The largest absolute Gasteiger partial charge is 0.339 e. The Balaban J connectivity index is 1.95. The van der Waals surface area contributed by atoms with Crippen LogP contribution in [0.3, 0.4) is 0 Å². The van der Waals surface area contributed by atoms with Gasteiger partial charge in [0.05, 0.1) is 10.5 Å². The number of rotatable bonds is 5. The summed E-state index contributed by atoms with van der Waals surface area (Å²) in [4.78, 5) is 15.5. The fraction of sp³-hybridized carbons (Fsp3) is 0.350. The summed E-state index contributed by atoms with van der Waals surface area (Å²) in [5.74, 6) is -0.0969. The van der Waals surface area contributed by atoms with E-state index in [1.54, 1.807) is 29.2 Å². The summed E-state index contributed by atoms with van der Waals surface area (Å²) >= 11 is 1.45. The van der Waals surface area contributed by atoms with E-state index in [2.05, 4.69) is 4.72 Å². The number of anilines is 1. The Labute approximate surface area is 165 Å². The average molecular weight is 405 g/mol. The quantitative estimate of drug-likeness (QED) is 0.763. The molecule has 0 spiro atoms. The van der Waals surface area contributed by atoms with Crippen molar-refractivity contribution in [2.24, 2.45) is 0 Å². The predicted octanol–water partition coefficient (Wildman–Crippen LogP) is 4.06. The van der Waals surface area contributed by atoms with E-state index >= 15 is 0 Å². The number of amides is 1. The highest BCUT2D eigenvalue weighted by atomic mass is 32.2. The zero-order valence-corrected chi connectivity index (χ0v) is 17.4. The van der Waals surface area contributed by atoms with E-state index in [4.69, 9.17) is 0 Å². The summed E-state index contributed by atoms with van der Waals surface area (Å²) in [7, 11) is -3.78. The Morgan fingerprint density at radius 1 is 1.04 bits per heavy atom. The van der Waals surface area contributed by atoms with Gasteiger partial charge in [-0.25, -0.2) is 8.42 Å². The lowest BCUT2D eigenvalue weighted by molar-refractivity contribution is 0.0789. The summed E-state index contributed by atoms with van der Waals surface area (Å²) in [6.07, 6.45) is 3.87. The van der Waals surface area contributed by atoms with E-state index in [1.165, 1.54) is 17.8 Å². The van der Waals surface area contributed by atoms with Gasteiger partial charge in [0.25, 0.3) is 15.9 Å². The molecule has 1 N–H and O–H groups in total. The molecule has 1 amide bonds. The molecule has 2 aromatic carbocycles. The number of sulfonamides is 1. The highest BCUT2D eigenvalue weighted by molar-refractivity contribution is 7.98. The van der Waals surface area contributed by atoms with Crippen molar-refractivity contribution in [2.45, 2.75) is 36.5 Å². The Morgan fingerprint density at radius 3 is 2.26 bits per heavy atom. The molecule has 0 radical (unpaired) electrons. The van der Waals surface area contributed by atoms with E-state index in [9.17, 15) is 13.2 Å². The third-order valence-corrected chi connectivity index (χ3v) is 6.75. The molecule has 5 nitrogen and oxygen atoms in total. The van der Waals surface area contributed by atoms with Gasteiger partial charge in [-0.2, -0.15) is 0 Å². The van der Waals surface area contributed by atoms with Crippen LogP contribution in [0, 0.1) is 13.8 Å². The Bertz CT molecular complexity index is 945. The second-order valence-corrected chi connectivity index (χ2v) is 9.37. The molecule has 3 rings (SSSR count). The number of carbonyl (C=O) groups excluding carboxylic acids is 1.